The summed E-state index contributed by atoms with van der Waals surface area (Å²) in [4.78, 5) is 11.8. The van der Waals surface area contributed by atoms with Gasteiger partial charge in [0, 0.05) is 13.0 Å². The molecule has 0 spiro atoms. The molecular formula is C22H28O4Si. The lowest BCUT2D eigenvalue weighted by atomic mass is 10.0. The lowest BCUT2D eigenvalue weighted by Crippen LogP contribution is -2.49. The van der Waals surface area contributed by atoms with Crippen molar-refractivity contribution in [1.82, 2.24) is 0 Å². The summed E-state index contributed by atoms with van der Waals surface area (Å²) in [5, 5.41) is 2.47. The maximum atomic E-state index is 11.8. The first-order valence-corrected chi connectivity index (χ1v) is 11.4. The van der Waals surface area contributed by atoms with Crippen LogP contribution in [0.2, 0.25) is 0 Å². The van der Waals surface area contributed by atoms with Crippen molar-refractivity contribution in [3.8, 4) is 0 Å². The van der Waals surface area contributed by atoms with Crippen molar-refractivity contribution < 1.29 is 18.7 Å². The highest BCUT2D eigenvalue weighted by molar-refractivity contribution is 6.80. The fourth-order valence-electron chi connectivity index (χ4n) is 3.39. The van der Waals surface area contributed by atoms with Crippen LogP contribution in [0.1, 0.15) is 32.6 Å². The standard InChI is InChI=1S/C22H28O4Si/c1-2-10-21(23)24-17-22(15-9-16-25-22)18-26-27(19-11-5-3-6-12-19)20-13-7-4-8-14-20/h3-8,11-14,27H,2,9-10,15-18H2,1H3. The summed E-state index contributed by atoms with van der Waals surface area (Å²) in [5.74, 6) is -0.160. The van der Waals surface area contributed by atoms with Crippen LogP contribution in [0.25, 0.3) is 0 Å². The van der Waals surface area contributed by atoms with E-state index in [0.29, 0.717) is 19.6 Å². The predicted molar refractivity (Wildman–Crippen MR) is 109 cm³/mol. The predicted octanol–water partition coefficient (Wildman–Crippen LogP) is 2.43. The van der Waals surface area contributed by atoms with Crippen LogP contribution in [0.3, 0.4) is 0 Å². The van der Waals surface area contributed by atoms with Gasteiger partial charge < -0.3 is 13.9 Å². The Kier molecular flexibility index (Phi) is 7.21. The lowest BCUT2D eigenvalue weighted by Gasteiger charge is -2.30. The minimum atomic E-state index is -1.83. The molecule has 3 rings (SSSR count). The Hall–Kier alpha value is -1.95. The summed E-state index contributed by atoms with van der Waals surface area (Å²) < 4.78 is 18.0. The highest BCUT2D eigenvalue weighted by Crippen LogP contribution is 2.27. The molecule has 1 atom stereocenters. The average molecular weight is 385 g/mol. The number of hydrogen-bond donors (Lipinski definition) is 0. The Morgan fingerprint density at radius 2 is 1.67 bits per heavy atom. The number of rotatable bonds is 9. The van der Waals surface area contributed by atoms with Gasteiger partial charge in [0.25, 0.3) is 0 Å². The number of benzene rings is 2. The summed E-state index contributed by atoms with van der Waals surface area (Å²) in [6.45, 7) is 3.39. The zero-order valence-electron chi connectivity index (χ0n) is 15.9. The van der Waals surface area contributed by atoms with Gasteiger partial charge in [-0.1, -0.05) is 67.6 Å². The molecule has 1 unspecified atom stereocenters. The second kappa shape index (κ2) is 9.83. The third kappa shape index (κ3) is 5.51. The van der Waals surface area contributed by atoms with Crippen LogP contribution in [0.4, 0.5) is 0 Å². The fourth-order valence-corrected chi connectivity index (χ4v) is 5.77. The van der Waals surface area contributed by atoms with Crippen LogP contribution < -0.4 is 10.4 Å². The third-order valence-electron chi connectivity index (χ3n) is 4.85. The molecule has 1 aliphatic heterocycles. The van der Waals surface area contributed by atoms with Crippen molar-refractivity contribution in [3.05, 3.63) is 60.7 Å². The van der Waals surface area contributed by atoms with Crippen molar-refractivity contribution in [2.75, 3.05) is 19.8 Å². The Morgan fingerprint density at radius 3 is 2.19 bits per heavy atom. The molecule has 144 valence electrons. The molecular weight excluding hydrogens is 356 g/mol. The lowest BCUT2D eigenvalue weighted by molar-refractivity contribution is -0.154. The van der Waals surface area contributed by atoms with E-state index in [9.17, 15) is 4.79 Å². The van der Waals surface area contributed by atoms with Crippen molar-refractivity contribution in [2.24, 2.45) is 0 Å². The zero-order chi connectivity index (χ0) is 19.0. The highest BCUT2D eigenvalue weighted by Gasteiger charge is 2.38. The van der Waals surface area contributed by atoms with Gasteiger partial charge in [-0.2, -0.15) is 0 Å². The molecule has 1 fully saturated rings. The monoisotopic (exact) mass is 384 g/mol. The van der Waals surface area contributed by atoms with E-state index in [4.69, 9.17) is 13.9 Å². The summed E-state index contributed by atoms with van der Waals surface area (Å²) in [7, 11) is -1.83. The van der Waals surface area contributed by atoms with E-state index in [1.54, 1.807) is 0 Å². The first-order chi connectivity index (χ1) is 13.2. The molecule has 1 heterocycles. The van der Waals surface area contributed by atoms with E-state index in [0.717, 1.165) is 19.3 Å². The Labute approximate surface area is 163 Å². The van der Waals surface area contributed by atoms with Crippen LogP contribution in [0, 0.1) is 0 Å². The second-order valence-corrected chi connectivity index (χ2v) is 9.48. The largest absolute Gasteiger partial charge is 0.463 e. The van der Waals surface area contributed by atoms with Crippen LogP contribution in [-0.4, -0.2) is 40.4 Å². The van der Waals surface area contributed by atoms with Gasteiger partial charge in [-0.3, -0.25) is 4.79 Å². The topological polar surface area (TPSA) is 44.8 Å². The quantitative estimate of drug-likeness (QED) is 0.492. The van der Waals surface area contributed by atoms with Gasteiger partial charge in [-0.25, -0.2) is 0 Å². The Balaban J connectivity index is 1.72. The van der Waals surface area contributed by atoms with E-state index >= 15 is 0 Å². The SMILES string of the molecule is CCCC(=O)OCC1(CO[SiH](c2ccccc2)c2ccccc2)CCCO1. The molecule has 2 aromatic rings. The van der Waals surface area contributed by atoms with Gasteiger partial charge >= 0.3 is 5.97 Å². The maximum absolute atomic E-state index is 11.8. The highest BCUT2D eigenvalue weighted by atomic mass is 28.3. The molecule has 27 heavy (non-hydrogen) atoms. The van der Waals surface area contributed by atoms with Crippen LogP contribution >= 0.6 is 0 Å². The number of hydrogen-bond acceptors (Lipinski definition) is 4. The Bertz CT molecular complexity index is 659. The van der Waals surface area contributed by atoms with Gasteiger partial charge in [0.2, 0.25) is 9.04 Å². The fraction of sp³-hybridized carbons (Fsp3) is 0.409. The molecule has 0 bridgehead atoms. The molecule has 2 aromatic carbocycles. The molecule has 5 heteroatoms. The molecule has 1 aliphatic rings. The van der Waals surface area contributed by atoms with Gasteiger partial charge in [0.05, 0.1) is 6.61 Å². The van der Waals surface area contributed by atoms with Gasteiger partial charge in [0.15, 0.2) is 0 Å². The number of carbonyl (C=O) groups is 1. The molecule has 4 nitrogen and oxygen atoms in total. The van der Waals surface area contributed by atoms with Crippen molar-refractivity contribution >= 4 is 25.4 Å². The normalized spacial score (nSPS) is 19.3. The maximum Gasteiger partial charge on any atom is 0.305 e. The van der Waals surface area contributed by atoms with Crippen LogP contribution in [0.15, 0.2) is 60.7 Å². The number of esters is 1. The van der Waals surface area contributed by atoms with Crippen molar-refractivity contribution in [2.45, 2.75) is 38.2 Å². The average Bonchev–Trinajstić information content (AvgIpc) is 3.18. The molecule has 0 aromatic heterocycles. The summed E-state index contributed by atoms with van der Waals surface area (Å²) in [6, 6.07) is 20.8. The minimum Gasteiger partial charge on any atom is -0.463 e. The number of carbonyl (C=O) groups excluding carboxylic acids is 1. The smallest absolute Gasteiger partial charge is 0.305 e. The van der Waals surface area contributed by atoms with Gasteiger partial charge in [-0.15, -0.1) is 0 Å². The summed E-state index contributed by atoms with van der Waals surface area (Å²) >= 11 is 0. The van der Waals surface area contributed by atoms with E-state index in [1.807, 2.05) is 19.1 Å². The molecule has 1 saturated heterocycles. The van der Waals surface area contributed by atoms with Crippen LogP contribution in [-0.2, 0) is 18.7 Å². The van der Waals surface area contributed by atoms with Crippen molar-refractivity contribution in [3.63, 3.8) is 0 Å². The first-order valence-electron chi connectivity index (χ1n) is 9.73. The molecule has 0 aliphatic carbocycles. The third-order valence-corrected chi connectivity index (χ3v) is 7.33. The van der Waals surface area contributed by atoms with E-state index in [2.05, 4.69) is 48.5 Å². The van der Waals surface area contributed by atoms with Gasteiger partial charge in [-0.05, 0) is 29.6 Å². The van der Waals surface area contributed by atoms with E-state index < -0.39 is 14.6 Å². The summed E-state index contributed by atoms with van der Waals surface area (Å²) in [6.07, 6.45) is 3.07. The molecule has 0 radical (unpaired) electrons. The molecule has 0 saturated carbocycles. The summed E-state index contributed by atoms with van der Waals surface area (Å²) in [5.41, 5.74) is -0.516. The van der Waals surface area contributed by atoms with Gasteiger partial charge in [0.1, 0.15) is 12.2 Å². The van der Waals surface area contributed by atoms with Crippen molar-refractivity contribution in [1.29, 1.82) is 0 Å². The minimum absolute atomic E-state index is 0.160. The second-order valence-electron chi connectivity index (χ2n) is 7.06. The number of ether oxygens (including phenoxy) is 2. The zero-order valence-corrected chi connectivity index (χ0v) is 17.1. The van der Waals surface area contributed by atoms with E-state index in [1.165, 1.54) is 10.4 Å². The molecule has 0 N–H and O–H groups in total. The van der Waals surface area contributed by atoms with E-state index in [-0.39, 0.29) is 12.6 Å². The molecule has 0 amide bonds. The van der Waals surface area contributed by atoms with Crippen LogP contribution in [0.5, 0.6) is 0 Å². The first kappa shape index (κ1) is 19.8. The Morgan fingerprint density at radius 1 is 1.04 bits per heavy atom.